The van der Waals surface area contributed by atoms with Crippen LogP contribution in [-0.4, -0.2) is 34.4 Å². The summed E-state index contributed by atoms with van der Waals surface area (Å²) in [5.74, 6) is 0. The zero-order chi connectivity index (χ0) is 15.5. The maximum absolute atomic E-state index is 10.7. The Hall–Kier alpha value is -2.17. The Kier molecular flexibility index (Phi) is 4.22. The number of pyridine rings is 1. The number of aliphatic hydroxyl groups excluding tert-OH is 1. The smallest absolute Gasteiger partial charge is 0.0912 e. The van der Waals surface area contributed by atoms with E-state index in [9.17, 15) is 5.11 Å². The SMILES string of the molecule is CNCC(O)C(c1ccccc1)n1ccc2ccnc(C)c21. The van der Waals surface area contributed by atoms with Crippen molar-refractivity contribution >= 4 is 10.9 Å². The highest BCUT2D eigenvalue weighted by Gasteiger charge is 2.24. The van der Waals surface area contributed by atoms with E-state index >= 15 is 0 Å². The number of hydrogen-bond acceptors (Lipinski definition) is 3. The average Bonchev–Trinajstić information content (AvgIpc) is 2.94. The van der Waals surface area contributed by atoms with Crippen molar-refractivity contribution in [2.75, 3.05) is 13.6 Å². The van der Waals surface area contributed by atoms with E-state index in [1.165, 1.54) is 0 Å². The first kappa shape index (κ1) is 14.8. The summed E-state index contributed by atoms with van der Waals surface area (Å²) in [4.78, 5) is 4.40. The molecule has 1 aromatic carbocycles. The van der Waals surface area contributed by atoms with Crippen molar-refractivity contribution in [2.24, 2.45) is 0 Å². The summed E-state index contributed by atoms with van der Waals surface area (Å²) in [7, 11) is 1.85. The molecule has 0 saturated carbocycles. The molecule has 0 fully saturated rings. The van der Waals surface area contributed by atoms with Crippen molar-refractivity contribution in [3.05, 3.63) is 66.1 Å². The number of fused-ring (bicyclic) bond motifs is 1. The van der Waals surface area contributed by atoms with E-state index in [1.807, 2.05) is 50.6 Å². The number of aryl methyl sites for hydroxylation is 1. The highest BCUT2D eigenvalue weighted by Crippen LogP contribution is 2.28. The lowest BCUT2D eigenvalue weighted by Crippen LogP contribution is -2.33. The molecule has 4 heteroatoms. The molecule has 22 heavy (non-hydrogen) atoms. The van der Waals surface area contributed by atoms with Crippen LogP contribution >= 0.6 is 0 Å². The maximum Gasteiger partial charge on any atom is 0.0912 e. The van der Waals surface area contributed by atoms with Crippen LogP contribution in [0.2, 0.25) is 0 Å². The number of rotatable bonds is 5. The Balaban J connectivity index is 2.16. The minimum absolute atomic E-state index is 0.144. The fourth-order valence-corrected chi connectivity index (χ4v) is 3.05. The predicted molar refractivity (Wildman–Crippen MR) is 89.0 cm³/mol. The van der Waals surface area contributed by atoms with Gasteiger partial charge in [0, 0.05) is 24.3 Å². The first-order valence-corrected chi connectivity index (χ1v) is 7.52. The highest BCUT2D eigenvalue weighted by atomic mass is 16.3. The van der Waals surface area contributed by atoms with Gasteiger partial charge in [-0.1, -0.05) is 30.3 Å². The molecule has 2 heterocycles. The molecule has 0 spiro atoms. The molecule has 0 bridgehead atoms. The first-order chi connectivity index (χ1) is 10.7. The number of nitrogens with zero attached hydrogens (tertiary/aromatic N) is 2. The summed E-state index contributed by atoms with van der Waals surface area (Å²) >= 11 is 0. The van der Waals surface area contributed by atoms with Gasteiger partial charge in [0.05, 0.1) is 23.4 Å². The number of likely N-dealkylation sites (N-methyl/N-ethyl adjacent to an activating group) is 1. The second kappa shape index (κ2) is 6.30. The largest absolute Gasteiger partial charge is 0.389 e. The molecule has 0 aliphatic heterocycles. The van der Waals surface area contributed by atoms with Crippen LogP contribution < -0.4 is 5.32 Å². The zero-order valence-electron chi connectivity index (χ0n) is 12.9. The standard InChI is InChI=1S/C18H21N3O/c1-13-17-15(8-10-20-13)9-11-21(17)18(16(22)12-19-2)14-6-4-3-5-7-14/h3-11,16,18-19,22H,12H2,1-2H3. The molecule has 2 N–H and O–H groups in total. The lowest BCUT2D eigenvalue weighted by Gasteiger charge is -2.26. The zero-order valence-corrected chi connectivity index (χ0v) is 12.9. The Morgan fingerprint density at radius 1 is 1.18 bits per heavy atom. The Morgan fingerprint density at radius 2 is 1.95 bits per heavy atom. The first-order valence-electron chi connectivity index (χ1n) is 7.52. The number of hydrogen-bond donors (Lipinski definition) is 2. The van der Waals surface area contributed by atoms with E-state index in [4.69, 9.17) is 0 Å². The lowest BCUT2D eigenvalue weighted by molar-refractivity contribution is 0.132. The van der Waals surface area contributed by atoms with Gasteiger partial charge in [-0.3, -0.25) is 4.98 Å². The molecular weight excluding hydrogens is 274 g/mol. The molecule has 2 atom stereocenters. The topological polar surface area (TPSA) is 50.1 Å². The van der Waals surface area contributed by atoms with Gasteiger partial charge in [0.15, 0.2) is 0 Å². The summed E-state index contributed by atoms with van der Waals surface area (Å²) < 4.78 is 2.13. The Bertz CT molecular complexity index is 751. The van der Waals surface area contributed by atoms with Crippen molar-refractivity contribution in [3.8, 4) is 0 Å². The lowest BCUT2D eigenvalue weighted by atomic mass is 10.0. The molecular formula is C18H21N3O. The minimum Gasteiger partial charge on any atom is -0.389 e. The third kappa shape index (κ3) is 2.63. The minimum atomic E-state index is -0.525. The Morgan fingerprint density at radius 3 is 2.68 bits per heavy atom. The second-order valence-electron chi connectivity index (χ2n) is 5.54. The van der Waals surface area contributed by atoms with Crippen LogP contribution in [0.25, 0.3) is 10.9 Å². The van der Waals surface area contributed by atoms with Gasteiger partial charge in [-0.2, -0.15) is 0 Å². The van der Waals surface area contributed by atoms with Crippen LogP contribution in [0.3, 0.4) is 0 Å². The van der Waals surface area contributed by atoms with Gasteiger partial charge in [0.25, 0.3) is 0 Å². The van der Waals surface area contributed by atoms with E-state index < -0.39 is 6.10 Å². The summed E-state index contributed by atoms with van der Waals surface area (Å²) in [6.45, 7) is 2.53. The normalized spacial score (nSPS) is 14.1. The molecule has 2 unspecified atom stereocenters. The molecule has 2 aromatic heterocycles. The van der Waals surface area contributed by atoms with Crippen molar-refractivity contribution in [1.82, 2.24) is 14.9 Å². The third-order valence-corrected chi connectivity index (χ3v) is 4.03. The van der Waals surface area contributed by atoms with Crippen molar-refractivity contribution in [2.45, 2.75) is 19.1 Å². The molecule has 0 amide bonds. The monoisotopic (exact) mass is 295 g/mol. The van der Waals surface area contributed by atoms with Crippen LogP contribution in [0, 0.1) is 6.92 Å². The van der Waals surface area contributed by atoms with E-state index in [0.29, 0.717) is 6.54 Å². The van der Waals surface area contributed by atoms with E-state index in [-0.39, 0.29) is 6.04 Å². The van der Waals surface area contributed by atoms with Crippen molar-refractivity contribution in [1.29, 1.82) is 0 Å². The van der Waals surface area contributed by atoms with E-state index in [0.717, 1.165) is 22.2 Å². The molecule has 0 saturated heterocycles. The van der Waals surface area contributed by atoms with E-state index in [1.54, 1.807) is 0 Å². The van der Waals surface area contributed by atoms with Gasteiger partial charge < -0.3 is 15.0 Å². The predicted octanol–water partition coefficient (Wildman–Crippen LogP) is 2.51. The summed E-state index contributed by atoms with van der Waals surface area (Å²) in [5.41, 5.74) is 3.14. The van der Waals surface area contributed by atoms with Gasteiger partial charge in [-0.25, -0.2) is 0 Å². The quantitative estimate of drug-likeness (QED) is 0.760. The summed E-state index contributed by atoms with van der Waals surface area (Å²) in [5, 5.41) is 14.9. The summed E-state index contributed by atoms with van der Waals surface area (Å²) in [6, 6.07) is 14.1. The van der Waals surface area contributed by atoms with Crippen molar-refractivity contribution < 1.29 is 5.11 Å². The van der Waals surface area contributed by atoms with E-state index in [2.05, 4.69) is 33.1 Å². The Labute approximate surface area is 130 Å². The van der Waals surface area contributed by atoms with Gasteiger partial charge in [-0.05, 0) is 31.7 Å². The molecule has 3 rings (SSSR count). The number of aliphatic hydroxyl groups is 1. The molecule has 114 valence electrons. The summed E-state index contributed by atoms with van der Waals surface area (Å²) in [6.07, 6.45) is 3.34. The fourth-order valence-electron chi connectivity index (χ4n) is 3.05. The number of nitrogens with one attached hydrogen (secondary N) is 1. The van der Waals surface area contributed by atoms with Gasteiger partial charge >= 0.3 is 0 Å². The highest BCUT2D eigenvalue weighted by molar-refractivity contribution is 5.82. The molecule has 0 aliphatic rings. The van der Waals surface area contributed by atoms with Gasteiger partial charge in [0.1, 0.15) is 0 Å². The molecule has 4 nitrogen and oxygen atoms in total. The third-order valence-electron chi connectivity index (χ3n) is 4.03. The van der Waals surface area contributed by atoms with Crippen LogP contribution in [0.15, 0.2) is 54.9 Å². The van der Waals surface area contributed by atoms with Crippen LogP contribution in [0.5, 0.6) is 0 Å². The molecule has 0 aliphatic carbocycles. The molecule has 0 radical (unpaired) electrons. The van der Waals surface area contributed by atoms with Gasteiger partial charge in [-0.15, -0.1) is 0 Å². The fraction of sp³-hybridized carbons (Fsp3) is 0.278. The number of aromatic nitrogens is 2. The molecule has 3 aromatic rings. The van der Waals surface area contributed by atoms with Crippen LogP contribution in [0.4, 0.5) is 0 Å². The maximum atomic E-state index is 10.7. The second-order valence-corrected chi connectivity index (χ2v) is 5.54. The average molecular weight is 295 g/mol. The number of benzene rings is 1. The van der Waals surface area contributed by atoms with Crippen LogP contribution in [0.1, 0.15) is 17.3 Å². The van der Waals surface area contributed by atoms with Crippen LogP contribution in [-0.2, 0) is 0 Å². The van der Waals surface area contributed by atoms with Gasteiger partial charge in [0.2, 0.25) is 0 Å². The van der Waals surface area contributed by atoms with Crippen molar-refractivity contribution in [3.63, 3.8) is 0 Å².